The number of hydrogen-bond donors (Lipinski definition) is 0. The van der Waals surface area contributed by atoms with Crippen molar-refractivity contribution < 1.29 is 33.3 Å². The van der Waals surface area contributed by atoms with Crippen LogP contribution in [-0.2, 0) is 28.5 Å². The van der Waals surface area contributed by atoms with E-state index in [0.29, 0.717) is 12.0 Å². The summed E-state index contributed by atoms with van der Waals surface area (Å²) in [5, 5.41) is 0. The summed E-state index contributed by atoms with van der Waals surface area (Å²) in [4.78, 5) is 42.1. The molecule has 36 heavy (non-hydrogen) atoms. The van der Waals surface area contributed by atoms with Crippen LogP contribution >= 0.6 is 0 Å². The van der Waals surface area contributed by atoms with Gasteiger partial charge in [0.15, 0.2) is 12.2 Å². The lowest BCUT2D eigenvalue weighted by Crippen LogP contribution is -2.76. The summed E-state index contributed by atoms with van der Waals surface area (Å²) in [5.41, 5.74) is -1.40. The van der Waals surface area contributed by atoms with Crippen LogP contribution in [0.5, 0.6) is 0 Å². The molecular weight excluding hydrogens is 462 g/mol. The van der Waals surface area contributed by atoms with Crippen molar-refractivity contribution in [2.75, 3.05) is 6.61 Å². The Morgan fingerprint density at radius 2 is 1.92 bits per heavy atom. The van der Waals surface area contributed by atoms with Crippen molar-refractivity contribution >= 4 is 17.9 Å². The predicted molar refractivity (Wildman–Crippen MR) is 129 cm³/mol. The summed E-state index contributed by atoms with van der Waals surface area (Å²) in [5.74, 6) is -1.19. The molecule has 2 aliphatic carbocycles. The van der Waals surface area contributed by atoms with E-state index in [1.54, 1.807) is 18.3 Å². The van der Waals surface area contributed by atoms with Crippen LogP contribution in [-0.4, -0.2) is 52.9 Å². The smallest absolute Gasteiger partial charge is 0.340 e. The van der Waals surface area contributed by atoms with E-state index < -0.39 is 46.2 Å². The highest BCUT2D eigenvalue weighted by atomic mass is 16.6. The summed E-state index contributed by atoms with van der Waals surface area (Å²) < 4.78 is 24.6. The van der Waals surface area contributed by atoms with E-state index >= 15 is 0 Å². The third-order valence-electron chi connectivity index (χ3n) is 9.71. The number of esters is 3. The molecule has 1 aromatic rings. The average molecular weight is 498 g/mol. The number of cyclic esters (lactones) is 1. The maximum Gasteiger partial charge on any atom is 0.340 e. The van der Waals surface area contributed by atoms with Gasteiger partial charge in [-0.1, -0.05) is 25.5 Å². The number of pyridine rings is 1. The maximum absolute atomic E-state index is 13.4. The van der Waals surface area contributed by atoms with Crippen molar-refractivity contribution in [1.29, 1.82) is 0 Å². The molecule has 0 aromatic carbocycles. The molecule has 2 saturated heterocycles. The molecule has 0 unspecified atom stereocenters. The predicted octanol–water partition coefficient (Wildman–Crippen LogP) is 4.18. The van der Waals surface area contributed by atoms with Crippen molar-refractivity contribution in [2.45, 2.75) is 90.1 Å². The van der Waals surface area contributed by atoms with Crippen LogP contribution < -0.4 is 0 Å². The summed E-state index contributed by atoms with van der Waals surface area (Å²) in [6.45, 7) is 9.90. The van der Waals surface area contributed by atoms with Gasteiger partial charge in [0.25, 0.3) is 0 Å². The first-order valence-corrected chi connectivity index (χ1v) is 12.8. The molecule has 7 atom stereocenters. The lowest BCUT2D eigenvalue weighted by Gasteiger charge is -2.69. The Balaban J connectivity index is 1.66. The SMILES string of the molecule is CC(=O)O[C@@H]1[C@@H](OC(=O)c2cccnc2)[C@@]2(C)O[C@@]3(CC[C@@]2(C)[C@@H]2CCC=C(C)[C@@]12C)COC(=O)C3. The van der Waals surface area contributed by atoms with Gasteiger partial charge in [0.2, 0.25) is 0 Å². The zero-order valence-corrected chi connectivity index (χ0v) is 21.7. The second kappa shape index (κ2) is 8.40. The van der Waals surface area contributed by atoms with Crippen LogP contribution in [0.15, 0.2) is 36.2 Å². The molecule has 8 heteroatoms. The van der Waals surface area contributed by atoms with Gasteiger partial charge in [-0.25, -0.2) is 4.79 Å². The highest BCUT2D eigenvalue weighted by molar-refractivity contribution is 5.89. The number of carbonyl (C=O) groups excluding carboxylic acids is 3. The van der Waals surface area contributed by atoms with Gasteiger partial charge in [-0.15, -0.1) is 0 Å². The molecule has 1 aromatic heterocycles. The number of rotatable bonds is 3. The number of hydrogen-bond acceptors (Lipinski definition) is 8. The van der Waals surface area contributed by atoms with Crippen molar-refractivity contribution in [3.8, 4) is 0 Å². The molecule has 2 aliphatic heterocycles. The minimum absolute atomic E-state index is 0.105. The number of allylic oxidation sites excluding steroid dienone is 1. The lowest BCUT2D eigenvalue weighted by molar-refractivity contribution is -0.339. The van der Waals surface area contributed by atoms with Crippen molar-refractivity contribution in [3.63, 3.8) is 0 Å². The zero-order valence-electron chi connectivity index (χ0n) is 21.7. The first-order chi connectivity index (χ1) is 17.0. The summed E-state index contributed by atoms with van der Waals surface area (Å²) in [7, 11) is 0. The fourth-order valence-corrected chi connectivity index (χ4v) is 7.53. The van der Waals surface area contributed by atoms with Gasteiger partial charge in [0.05, 0.1) is 12.0 Å². The molecule has 0 radical (unpaired) electrons. The van der Waals surface area contributed by atoms with Gasteiger partial charge in [-0.2, -0.15) is 0 Å². The highest BCUT2D eigenvalue weighted by Gasteiger charge is 2.74. The molecule has 5 rings (SSSR count). The second-order valence-corrected chi connectivity index (χ2v) is 11.5. The van der Waals surface area contributed by atoms with Crippen LogP contribution in [0.2, 0.25) is 0 Å². The molecule has 1 saturated carbocycles. The molecule has 0 N–H and O–H groups in total. The Morgan fingerprint density at radius 3 is 2.56 bits per heavy atom. The van der Waals surface area contributed by atoms with E-state index in [1.165, 1.54) is 13.1 Å². The number of nitrogens with zero attached hydrogens (tertiary/aromatic N) is 1. The Labute approximate surface area is 211 Å². The Morgan fingerprint density at radius 1 is 1.14 bits per heavy atom. The molecule has 0 bridgehead atoms. The van der Waals surface area contributed by atoms with Crippen LogP contribution in [0.25, 0.3) is 0 Å². The monoisotopic (exact) mass is 497 g/mol. The summed E-state index contributed by atoms with van der Waals surface area (Å²) in [6, 6.07) is 3.31. The molecule has 8 nitrogen and oxygen atoms in total. The highest BCUT2D eigenvalue weighted by Crippen LogP contribution is 2.68. The molecule has 3 heterocycles. The van der Waals surface area contributed by atoms with Gasteiger partial charge < -0.3 is 18.9 Å². The number of aromatic nitrogens is 1. The van der Waals surface area contributed by atoms with E-state index in [-0.39, 0.29) is 24.9 Å². The average Bonchev–Trinajstić information content (AvgIpc) is 3.20. The van der Waals surface area contributed by atoms with E-state index in [4.69, 9.17) is 18.9 Å². The minimum Gasteiger partial charge on any atom is -0.463 e. The number of carbonyl (C=O) groups is 3. The molecule has 1 spiro atoms. The Kier molecular flexibility index (Phi) is 5.82. The van der Waals surface area contributed by atoms with E-state index in [1.807, 2.05) is 6.92 Å². The molecule has 3 fully saturated rings. The summed E-state index contributed by atoms with van der Waals surface area (Å²) in [6.07, 6.45) is 6.95. The topological polar surface area (TPSA) is 101 Å². The number of ether oxygens (including phenoxy) is 4. The van der Waals surface area contributed by atoms with Crippen LogP contribution in [0, 0.1) is 16.7 Å². The van der Waals surface area contributed by atoms with Gasteiger partial charge in [-0.3, -0.25) is 14.6 Å². The van der Waals surface area contributed by atoms with E-state index in [2.05, 4.69) is 31.8 Å². The number of fused-ring (bicyclic) bond motifs is 3. The first-order valence-electron chi connectivity index (χ1n) is 12.8. The van der Waals surface area contributed by atoms with E-state index in [0.717, 1.165) is 24.8 Å². The van der Waals surface area contributed by atoms with Crippen molar-refractivity contribution in [3.05, 3.63) is 41.7 Å². The lowest BCUT2D eigenvalue weighted by atomic mass is 9.42. The minimum atomic E-state index is -1.04. The Hall–Kier alpha value is -2.74. The molecular formula is C28H35NO7. The largest absolute Gasteiger partial charge is 0.463 e. The molecule has 194 valence electrons. The third kappa shape index (κ3) is 3.51. The summed E-state index contributed by atoms with van der Waals surface area (Å²) >= 11 is 0. The van der Waals surface area contributed by atoms with Gasteiger partial charge in [-0.05, 0) is 57.6 Å². The van der Waals surface area contributed by atoms with E-state index in [9.17, 15) is 14.4 Å². The fraction of sp³-hybridized carbons (Fsp3) is 0.643. The van der Waals surface area contributed by atoms with Crippen molar-refractivity contribution in [1.82, 2.24) is 4.98 Å². The Bertz CT molecular complexity index is 1120. The van der Waals surface area contributed by atoms with Crippen LogP contribution in [0.1, 0.15) is 77.1 Å². The molecule has 4 aliphatic rings. The maximum atomic E-state index is 13.4. The van der Waals surface area contributed by atoms with Gasteiger partial charge in [0.1, 0.15) is 17.8 Å². The van der Waals surface area contributed by atoms with Gasteiger partial charge >= 0.3 is 17.9 Å². The quantitative estimate of drug-likeness (QED) is 0.348. The first kappa shape index (κ1) is 24.9. The second-order valence-electron chi connectivity index (χ2n) is 11.5. The van der Waals surface area contributed by atoms with Gasteiger partial charge in [0, 0.05) is 30.1 Å². The standard InChI is InChI=1S/C28H35NO7/c1-17-8-6-10-20-25(3)11-12-28(14-21(31)33-16-28)36-27(25,5)23(22(26(17,20)4)34-18(2)30)35-24(32)19-9-7-13-29-15-19/h7-9,13,15,20,22-23H,6,10-12,14,16H2,1-5H3/t20-,22+,23+,25-,26+,27+,28+/m0/s1. The normalized spacial score (nSPS) is 41.5. The zero-order chi connectivity index (χ0) is 25.9. The van der Waals surface area contributed by atoms with Crippen molar-refractivity contribution in [2.24, 2.45) is 16.7 Å². The molecule has 0 amide bonds. The fourth-order valence-electron chi connectivity index (χ4n) is 7.53. The van der Waals surface area contributed by atoms with Crippen LogP contribution in [0.4, 0.5) is 0 Å². The third-order valence-corrected chi connectivity index (χ3v) is 9.71. The van der Waals surface area contributed by atoms with Crippen LogP contribution in [0.3, 0.4) is 0 Å².